The van der Waals surface area contributed by atoms with Gasteiger partial charge in [0.1, 0.15) is 0 Å². The molecule has 2 N–H and O–H groups in total. The molecule has 0 bridgehead atoms. The van der Waals surface area contributed by atoms with E-state index in [1.165, 1.54) is 0 Å². The Morgan fingerprint density at radius 2 is 2.12 bits per heavy atom. The summed E-state index contributed by atoms with van der Waals surface area (Å²) in [6, 6.07) is 11.4. The Bertz CT molecular complexity index is 527. The minimum Gasteiger partial charge on any atom is -0.398 e. The lowest BCUT2D eigenvalue weighted by Crippen LogP contribution is -1.99. The van der Waals surface area contributed by atoms with E-state index in [0.29, 0.717) is 17.7 Å². The minimum atomic E-state index is 0.629. The lowest BCUT2D eigenvalue weighted by molar-refractivity contribution is 1.14. The second-order valence-electron chi connectivity index (χ2n) is 3.52. The van der Waals surface area contributed by atoms with Gasteiger partial charge in [-0.2, -0.15) is 5.26 Å². The van der Waals surface area contributed by atoms with Gasteiger partial charge in [0.15, 0.2) is 0 Å². The van der Waals surface area contributed by atoms with Crippen LogP contribution in [0.2, 0.25) is 0 Å². The molecule has 0 spiro atoms. The average Bonchev–Trinajstić information content (AvgIpc) is 2.33. The first-order chi connectivity index (χ1) is 7.81. The highest BCUT2D eigenvalue weighted by atomic mass is 14.6. The number of nitrogen functional groups attached to an aromatic ring is 1. The van der Waals surface area contributed by atoms with Crippen molar-refractivity contribution in [3.63, 3.8) is 0 Å². The van der Waals surface area contributed by atoms with Gasteiger partial charge in [-0.15, -0.1) is 0 Å². The van der Waals surface area contributed by atoms with Crippen molar-refractivity contribution in [2.24, 2.45) is 0 Å². The highest BCUT2D eigenvalue weighted by molar-refractivity contribution is 5.56. The fourth-order valence-electron chi connectivity index (χ4n) is 1.61. The van der Waals surface area contributed by atoms with Crippen molar-refractivity contribution < 1.29 is 0 Å². The zero-order valence-electron chi connectivity index (χ0n) is 8.72. The van der Waals surface area contributed by atoms with Crippen LogP contribution in [0.15, 0.2) is 42.7 Å². The van der Waals surface area contributed by atoms with E-state index in [2.05, 4.69) is 11.1 Å². The maximum Gasteiger partial charge on any atom is 0.0995 e. The van der Waals surface area contributed by atoms with E-state index in [9.17, 15) is 0 Å². The number of nitriles is 1. The molecule has 16 heavy (non-hydrogen) atoms. The van der Waals surface area contributed by atoms with Crippen LogP contribution >= 0.6 is 0 Å². The summed E-state index contributed by atoms with van der Waals surface area (Å²) in [6.45, 7) is 0. The first kappa shape index (κ1) is 10.2. The number of hydrogen-bond donors (Lipinski definition) is 1. The molecule has 0 aliphatic heterocycles. The maximum absolute atomic E-state index is 9.00. The van der Waals surface area contributed by atoms with Gasteiger partial charge in [0, 0.05) is 24.5 Å². The topological polar surface area (TPSA) is 62.7 Å². The second-order valence-corrected chi connectivity index (χ2v) is 3.52. The summed E-state index contributed by atoms with van der Waals surface area (Å²) >= 11 is 0. The first-order valence-corrected chi connectivity index (χ1v) is 4.97. The Kier molecular flexibility index (Phi) is 2.84. The molecule has 0 atom stereocenters. The van der Waals surface area contributed by atoms with E-state index in [1.54, 1.807) is 24.5 Å². The maximum atomic E-state index is 9.00. The van der Waals surface area contributed by atoms with Crippen molar-refractivity contribution in [1.82, 2.24) is 4.98 Å². The third-order valence-corrected chi connectivity index (χ3v) is 2.44. The normalized spacial score (nSPS) is 9.69. The third-order valence-electron chi connectivity index (χ3n) is 2.44. The van der Waals surface area contributed by atoms with Crippen LogP contribution in [0.1, 0.15) is 16.7 Å². The van der Waals surface area contributed by atoms with Crippen LogP contribution in [0.3, 0.4) is 0 Å². The van der Waals surface area contributed by atoms with Gasteiger partial charge >= 0.3 is 0 Å². The summed E-state index contributed by atoms with van der Waals surface area (Å²) in [5.41, 5.74) is 9.08. The molecule has 0 aliphatic rings. The third kappa shape index (κ3) is 2.01. The predicted molar refractivity (Wildman–Crippen MR) is 62.6 cm³/mol. The highest BCUT2D eigenvalue weighted by Crippen LogP contribution is 2.19. The van der Waals surface area contributed by atoms with Crippen LogP contribution in [0.5, 0.6) is 0 Å². The lowest BCUT2D eigenvalue weighted by Gasteiger charge is -2.07. The number of hydrogen-bond acceptors (Lipinski definition) is 3. The molecule has 2 rings (SSSR count). The molecule has 0 aliphatic carbocycles. The molecular weight excluding hydrogens is 198 g/mol. The molecule has 1 aromatic heterocycles. The predicted octanol–water partition coefficient (Wildman–Crippen LogP) is 2.13. The largest absolute Gasteiger partial charge is 0.398 e. The molecule has 78 valence electrons. The van der Waals surface area contributed by atoms with Crippen LogP contribution in [-0.2, 0) is 6.42 Å². The molecule has 3 heteroatoms. The van der Waals surface area contributed by atoms with E-state index in [0.717, 1.165) is 11.1 Å². The smallest absolute Gasteiger partial charge is 0.0995 e. The number of rotatable bonds is 2. The molecule has 1 aromatic carbocycles. The van der Waals surface area contributed by atoms with Gasteiger partial charge in [-0.3, -0.25) is 4.98 Å². The van der Waals surface area contributed by atoms with Crippen LogP contribution in [0, 0.1) is 11.3 Å². The number of benzene rings is 1. The molecule has 0 amide bonds. The number of anilines is 1. The van der Waals surface area contributed by atoms with Crippen molar-refractivity contribution >= 4 is 5.69 Å². The summed E-state index contributed by atoms with van der Waals surface area (Å²) in [5.74, 6) is 0. The molecule has 0 radical (unpaired) electrons. The Hall–Kier alpha value is -2.34. The molecule has 1 heterocycles. The molecule has 3 nitrogen and oxygen atoms in total. The fourth-order valence-corrected chi connectivity index (χ4v) is 1.61. The van der Waals surface area contributed by atoms with Crippen molar-refractivity contribution in [2.75, 3.05) is 5.73 Å². The Labute approximate surface area is 94.2 Å². The number of nitrogens with two attached hydrogens (primary N) is 1. The van der Waals surface area contributed by atoms with E-state index in [4.69, 9.17) is 11.0 Å². The summed E-state index contributed by atoms with van der Waals surface area (Å²) in [7, 11) is 0. The van der Waals surface area contributed by atoms with Crippen molar-refractivity contribution in [3.05, 3.63) is 59.4 Å². The fraction of sp³-hybridized carbons (Fsp3) is 0.0769. The van der Waals surface area contributed by atoms with Crippen LogP contribution < -0.4 is 5.73 Å². The van der Waals surface area contributed by atoms with Crippen molar-refractivity contribution in [1.29, 1.82) is 5.26 Å². The minimum absolute atomic E-state index is 0.629. The monoisotopic (exact) mass is 209 g/mol. The summed E-state index contributed by atoms with van der Waals surface area (Å²) in [4.78, 5) is 4.04. The first-order valence-electron chi connectivity index (χ1n) is 4.97. The molecule has 0 saturated carbocycles. The Morgan fingerprint density at radius 1 is 1.25 bits per heavy atom. The van der Waals surface area contributed by atoms with Gasteiger partial charge in [-0.25, -0.2) is 0 Å². The van der Waals surface area contributed by atoms with Gasteiger partial charge in [0.25, 0.3) is 0 Å². The van der Waals surface area contributed by atoms with Gasteiger partial charge in [0.2, 0.25) is 0 Å². The number of aromatic nitrogens is 1. The van der Waals surface area contributed by atoms with E-state index < -0.39 is 0 Å². The van der Waals surface area contributed by atoms with E-state index >= 15 is 0 Å². The highest BCUT2D eigenvalue weighted by Gasteiger charge is 2.06. The lowest BCUT2D eigenvalue weighted by atomic mass is 10.00. The number of pyridine rings is 1. The van der Waals surface area contributed by atoms with Gasteiger partial charge < -0.3 is 5.73 Å². The second kappa shape index (κ2) is 4.45. The van der Waals surface area contributed by atoms with Gasteiger partial charge in [-0.05, 0) is 29.3 Å². The SMILES string of the molecule is N#Cc1cccc(N)c1Cc1cccnc1. The van der Waals surface area contributed by atoms with Crippen molar-refractivity contribution in [3.8, 4) is 6.07 Å². The van der Waals surface area contributed by atoms with Gasteiger partial charge in [-0.1, -0.05) is 12.1 Å². The number of nitrogens with zero attached hydrogens (tertiary/aromatic N) is 2. The Morgan fingerprint density at radius 3 is 2.81 bits per heavy atom. The molecule has 0 saturated heterocycles. The van der Waals surface area contributed by atoms with Crippen LogP contribution in [0.25, 0.3) is 0 Å². The summed E-state index contributed by atoms with van der Waals surface area (Å²) in [6.07, 6.45) is 4.15. The zero-order valence-corrected chi connectivity index (χ0v) is 8.72. The average molecular weight is 209 g/mol. The molecule has 0 unspecified atom stereocenters. The Balaban J connectivity index is 2.39. The molecular formula is C13H11N3. The molecule has 0 fully saturated rings. The van der Waals surface area contributed by atoms with E-state index in [-0.39, 0.29) is 0 Å². The summed E-state index contributed by atoms with van der Waals surface area (Å²) < 4.78 is 0. The standard InChI is InChI=1S/C13H11N3/c14-8-11-4-1-5-13(15)12(11)7-10-3-2-6-16-9-10/h1-6,9H,7,15H2. The summed E-state index contributed by atoms with van der Waals surface area (Å²) in [5, 5.41) is 9.00. The van der Waals surface area contributed by atoms with Crippen LogP contribution in [-0.4, -0.2) is 4.98 Å². The molecule has 2 aromatic rings. The zero-order chi connectivity index (χ0) is 11.4. The van der Waals surface area contributed by atoms with Gasteiger partial charge in [0.05, 0.1) is 11.6 Å². The van der Waals surface area contributed by atoms with Crippen LogP contribution in [0.4, 0.5) is 5.69 Å². The van der Waals surface area contributed by atoms with E-state index in [1.807, 2.05) is 18.2 Å². The van der Waals surface area contributed by atoms with Crippen molar-refractivity contribution in [2.45, 2.75) is 6.42 Å². The quantitative estimate of drug-likeness (QED) is 0.770.